The molecule has 4 rings (SSSR count). The van der Waals surface area contributed by atoms with Gasteiger partial charge in [-0.15, -0.1) is 0 Å². The Balaban J connectivity index is 1.43. The molecule has 3 heterocycles. The molecule has 0 radical (unpaired) electrons. The van der Waals surface area contributed by atoms with Crippen molar-refractivity contribution in [3.05, 3.63) is 48.6 Å². The van der Waals surface area contributed by atoms with Crippen LogP contribution in [0.1, 0.15) is 18.7 Å². The fraction of sp³-hybridized carbons (Fsp3) is 0.235. The van der Waals surface area contributed by atoms with Crippen molar-refractivity contribution >= 4 is 21.6 Å². The van der Waals surface area contributed by atoms with Gasteiger partial charge in [-0.3, -0.25) is 4.79 Å². The molecule has 144 valence electrons. The molecule has 1 amide bonds. The summed E-state index contributed by atoms with van der Waals surface area (Å²) in [5.74, 6) is 0.570. The van der Waals surface area contributed by atoms with Crippen LogP contribution in [-0.4, -0.2) is 51.8 Å². The van der Waals surface area contributed by atoms with Gasteiger partial charge < -0.3 is 9.84 Å². The summed E-state index contributed by atoms with van der Waals surface area (Å²) in [5.41, 5.74) is 0.537. The number of nitrogens with zero attached hydrogens (tertiary/aromatic N) is 5. The van der Waals surface area contributed by atoms with E-state index in [1.807, 2.05) is 0 Å². The summed E-state index contributed by atoms with van der Waals surface area (Å²) in [4.78, 5) is 23.6. The SMILES string of the molecule is CC(=O)Nc1ccc(S(=O)(=O)N2CC(c3nc(-c4ncccn4)no3)C2)cc1. The second-order valence-corrected chi connectivity index (χ2v) is 8.19. The molecule has 3 aromatic rings. The van der Waals surface area contributed by atoms with E-state index in [1.54, 1.807) is 30.6 Å². The molecule has 28 heavy (non-hydrogen) atoms. The predicted octanol–water partition coefficient (Wildman–Crippen LogP) is 1.27. The van der Waals surface area contributed by atoms with Crippen molar-refractivity contribution in [2.45, 2.75) is 17.7 Å². The molecular formula is C17H16N6O4S. The number of aromatic nitrogens is 4. The lowest BCUT2D eigenvalue weighted by atomic mass is 10.0. The Morgan fingerprint density at radius 3 is 2.46 bits per heavy atom. The highest BCUT2D eigenvalue weighted by Crippen LogP contribution is 2.32. The predicted molar refractivity (Wildman–Crippen MR) is 97.6 cm³/mol. The summed E-state index contributed by atoms with van der Waals surface area (Å²) in [7, 11) is -3.63. The minimum atomic E-state index is -3.63. The molecule has 0 unspecified atom stereocenters. The molecule has 2 aromatic heterocycles. The first-order valence-corrected chi connectivity index (χ1v) is 9.86. The molecular weight excluding hydrogens is 384 g/mol. The van der Waals surface area contributed by atoms with Gasteiger partial charge in [0, 0.05) is 38.1 Å². The average Bonchev–Trinajstić information content (AvgIpc) is 3.10. The molecule has 0 spiro atoms. The van der Waals surface area contributed by atoms with Gasteiger partial charge in [0.1, 0.15) is 0 Å². The summed E-state index contributed by atoms with van der Waals surface area (Å²) < 4.78 is 32.0. The van der Waals surface area contributed by atoms with Crippen LogP contribution >= 0.6 is 0 Å². The summed E-state index contributed by atoms with van der Waals surface area (Å²) in [6, 6.07) is 7.71. The first kappa shape index (κ1) is 18.2. The Bertz CT molecular complexity index is 1090. The lowest BCUT2D eigenvalue weighted by Gasteiger charge is -2.35. The van der Waals surface area contributed by atoms with Crippen molar-refractivity contribution in [1.29, 1.82) is 0 Å². The number of amides is 1. The van der Waals surface area contributed by atoms with E-state index < -0.39 is 10.0 Å². The molecule has 0 atom stereocenters. The van der Waals surface area contributed by atoms with Crippen LogP contribution in [0.15, 0.2) is 52.1 Å². The summed E-state index contributed by atoms with van der Waals surface area (Å²) in [6.45, 7) is 1.87. The number of carbonyl (C=O) groups is 1. The highest BCUT2D eigenvalue weighted by Gasteiger charge is 2.40. The molecule has 0 saturated carbocycles. The molecule has 1 aliphatic heterocycles. The lowest BCUT2D eigenvalue weighted by Crippen LogP contribution is -2.48. The van der Waals surface area contributed by atoms with Gasteiger partial charge in [0.2, 0.25) is 33.5 Å². The second kappa shape index (κ2) is 7.09. The number of hydrogen-bond acceptors (Lipinski definition) is 8. The van der Waals surface area contributed by atoms with E-state index in [0.29, 0.717) is 17.4 Å². The van der Waals surface area contributed by atoms with Gasteiger partial charge in [0.25, 0.3) is 0 Å². The Labute approximate surface area is 160 Å². The maximum Gasteiger partial charge on any atom is 0.243 e. The van der Waals surface area contributed by atoms with Crippen molar-refractivity contribution in [3.8, 4) is 11.6 Å². The van der Waals surface area contributed by atoms with Crippen LogP contribution in [0.25, 0.3) is 11.6 Å². The molecule has 1 aromatic carbocycles. The molecule has 1 saturated heterocycles. The summed E-state index contributed by atoms with van der Waals surface area (Å²) in [6.07, 6.45) is 3.15. The fourth-order valence-corrected chi connectivity index (χ4v) is 4.29. The molecule has 10 nitrogen and oxygen atoms in total. The molecule has 1 fully saturated rings. The minimum absolute atomic E-state index is 0.156. The Hall–Kier alpha value is -3.18. The number of benzene rings is 1. The van der Waals surface area contributed by atoms with E-state index in [0.717, 1.165) is 0 Å². The smallest absolute Gasteiger partial charge is 0.243 e. The van der Waals surface area contributed by atoms with Crippen LogP contribution in [-0.2, 0) is 14.8 Å². The van der Waals surface area contributed by atoms with Crippen molar-refractivity contribution in [2.75, 3.05) is 18.4 Å². The van der Waals surface area contributed by atoms with Gasteiger partial charge in [-0.05, 0) is 30.3 Å². The first-order chi connectivity index (χ1) is 13.4. The maximum absolute atomic E-state index is 12.7. The largest absolute Gasteiger partial charge is 0.338 e. The third kappa shape index (κ3) is 3.49. The molecule has 0 aliphatic carbocycles. The zero-order valence-corrected chi connectivity index (χ0v) is 15.6. The lowest BCUT2D eigenvalue weighted by molar-refractivity contribution is -0.114. The highest BCUT2D eigenvalue weighted by atomic mass is 32.2. The molecule has 1 aliphatic rings. The minimum Gasteiger partial charge on any atom is -0.338 e. The van der Waals surface area contributed by atoms with Gasteiger partial charge in [0.15, 0.2) is 0 Å². The van der Waals surface area contributed by atoms with Gasteiger partial charge >= 0.3 is 0 Å². The van der Waals surface area contributed by atoms with Crippen molar-refractivity contribution in [1.82, 2.24) is 24.4 Å². The van der Waals surface area contributed by atoms with Gasteiger partial charge in [-0.2, -0.15) is 9.29 Å². The summed E-state index contributed by atoms with van der Waals surface area (Å²) in [5, 5.41) is 6.45. The molecule has 1 N–H and O–H groups in total. The quantitative estimate of drug-likeness (QED) is 0.677. The van der Waals surface area contributed by atoms with Crippen LogP contribution in [0.2, 0.25) is 0 Å². The van der Waals surface area contributed by atoms with Crippen molar-refractivity contribution < 1.29 is 17.7 Å². The standard InChI is InChI=1S/C17H16N6O4S/c1-11(24)20-13-3-5-14(6-4-13)28(25,26)23-9-12(10-23)17-21-16(22-27-17)15-18-7-2-8-19-15/h2-8,12H,9-10H2,1H3,(H,20,24). The van der Waals surface area contributed by atoms with Crippen LogP contribution in [0, 0.1) is 0 Å². The van der Waals surface area contributed by atoms with E-state index in [4.69, 9.17) is 4.52 Å². The van der Waals surface area contributed by atoms with Crippen LogP contribution in [0.3, 0.4) is 0 Å². The number of rotatable bonds is 5. The van der Waals surface area contributed by atoms with Crippen molar-refractivity contribution in [2.24, 2.45) is 0 Å². The summed E-state index contributed by atoms with van der Waals surface area (Å²) >= 11 is 0. The third-order valence-electron chi connectivity index (χ3n) is 4.22. The van der Waals surface area contributed by atoms with Crippen LogP contribution < -0.4 is 5.32 Å². The number of hydrogen-bond donors (Lipinski definition) is 1. The first-order valence-electron chi connectivity index (χ1n) is 8.42. The van der Waals surface area contributed by atoms with E-state index in [-0.39, 0.29) is 35.6 Å². The number of anilines is 1. The fourth-order valence-electron chi connectivity index (χ4n) is 2.76. The Morgan fingerprint density at radius 1 is 1.14 bits per heavy atom. The van der Waals surface area contributed by atoms with E-state index in [1.165, 1.54) is 23.4 Å². The molecule has 11 heteroatoms. The van der Waals surface area contributed by atoms with Gasteiger partial charge in [0.05, 0.1) is 10.8 Å². The zero-order chi connectivity index (χ0) is 19.7. The highest BCUT2D eigenvalue weighted by molar-refractivity contribution is 7.89. The number of carbonyl (C=O) groups excluding carboxylic acids is 1. The maximum atomic E-state index is 12.7. The second-order valence-electron chi connectivity index (χ2n) is 6.25. The van der Waals surface area contributed by atoms with Crippen LogP contribution in [0.5, 0.6) is 0 Å². The zero-order valence-electron chi connectivity index (χ0n) is 14.8. The number of nitrogens with one attached hydrogen (secondary N) is 1. The third-order valence-corrected chi connectivity index (χ3v) is 6.06. The Kier molecular flexibility index (Phi) is 4.61. The normalized spacial score (nSPS) is 15.2. The van der Waals surface area contributed by atoms with E-state index in [2.05, 4.69) is 25.4 Å². The van der Waals surface area contributed by atoms with Gasteiger partial charge in [-0.1, -0.05) is 5.16 Å². The number of sulfonamides is 1. The van der Waals surface area contributed by atoms with Crippen LogP contribution in [0.4, 0.5) is 5.69 Å². The molecule has 0 bridgehead atoms. The Morgan fingerprint density at radius 2 is 1.82 bits per heavy atom. The monoisotopic (exact) mass is 400 g/mol. The van der Waals surface area contributed by atoms with Crippen molar-refractivity contribution in [3.63, 3.8) is 0 Å². The van der Waals surface area contributed by atoms with Gasteiger partial charge in [-0.25, -0.2) is 18.4 Å². The van der Waals surface area contributed by atoms with E-state index in [9.17, 15) is 13.2 Å². The average molecular weight is 400 g/mol. The van der Waals surface area contributed by atoms with E-state index >= 15 is 0 Å². The topological polar surface area (TPSA) is 131 Å².